The smallest absolute Gasteiger partial charge is 0.134 e. The summed E-state index contributed by atoms with van der Waals surface area (Å²) in [4.78, 5) is 0. The molecule has 0 aromatic heterocycles. The van der Waals surface area contributed by atoms with Crippen molar-refractivity contribution < 1.29 is 14.9 Å². The van der Waals surface area contributed by atoms with Crippen LogP contribution in [0.2, 0.25) is 0 Å². The van der Waals surface area contributed by atoms with Crippen LogP contribution in [0.1, 0.15) is 37.3 Å². The number of hydrogen-bond acceptors (Lipinski definition) is 3. The molecule has 0 saturated heterocycles. The third kappa shape index (κ3) is 3.99. The van der Waals surface area contributed by atoms with Crippen molar-refractivity contribution in [3.63, 3.8) is 0 Å². The molecule has 3 heteroatoms. The van der Waals surface area contributed by atoms with Gasteiger partial charge in [-0.05, 0) is 30.5 Å². The van der Waals surface area contributed by atoms with Crippen molar-refractivity contribution in [1.29, 1.82) is 0 Å². The number of aliphatic hydroxyl groups is 1. The fourth-order valence-electron chi connectivity index (χ4n) is 3.52. The molecule has 0 spiro atoms. The zero-order valence-electron chi connectivity index (χ0n) is 15.8. The molecular weight excluding hydrogens is 336 g/mol. The molecule has 2 unspecified atom stereocenters. The molecule has 0 radical (unpaired) electrons. The highest BCUT2D eigenvalue weighted by molar-refractivity contribution is 5.78. The Morgan fingerprint density at radius 3 is 2.07 bits per heavy atom. The molecule has 2 N–H and O–H groups in total. The second kappa shape index (κ2) is 8.74. The summed E-state index contributed by atoms with van der Waals surface area (Å²) in [5.74, 6) is 0.567. The van der Waals surface area contributed by atoms with E-state index in [2.05, 4.69) is 0 Å². The summed E-state index contributed by atoms with van der Waals surface area (Å²) in [6.07, 6.45) is 0.0620. The van der Waals surface area contributed by atoms with Gasteiger partial charge in [0, 0.05) is 11.5 Å². The van der Waals surface area contributed by atoms with E-state index in [1.807, 2.05) is 80.6 Å². The van der Waals surface area contributed by atoms with Crippen LogP contribution in [0.3, 0.4) is 0 Å². The van der Waals surface area contributed by atoms with Crippen LogP contribution in [0.15, 0.2) is 72.8 Å². The molecule has 3 nitrogen and oxygen atoms in total. The lowest BCUT2D eigenvalue weighted by Gasteiger charge is -2.27. The van der Waals surface area contributed by atoms with Crippen LogP contribution in [-0.2, 0) is 0 Å². The molecular formula is C24H26O3. The third-order valence-corrected chi connectivity index (χ3v) is 4.81. The number of rotatable bonds is 7. The van der Waals surface area contributed by atoms with Crippen molar-refractivity contribution in [2.45, 2.75) is 32.3 Å². The average molecular weight is 362 g/mol. The van der Waals surface area contributed by atoms with Crippen molar-refractivity contribution >= 4 is 0 Å². The van der Waals surface area contributed by atoms with Gasteiger partial charge in [-0.2, -0.15) is 0 Å². The molecule has 0 heterocycles. The maximum absolute atomic E-state index is 10.8. The number of benzene rings is 3. The Morgan fingerprint density at radius 1 is 0.852 bits per heavy atom. The molecule has 3 aromatic rings. The summed E-state index contributed by atoms with van der Waals surface area (Å²) >= 11 is 0. The molecule has 0 amide bonds. The van der Waals surface area contributed by atoms with Gasteiger partial charge in [-0.25, -0.2) is 0 Å². The monoisotopic (exact) mass is 362 g/mol. The predicted octanol–water partition coefficient (Wildman–Crippen LogP) is 5.36. The van der Waals surface area contributed by atoms with Crippen LogP contribution in [-0.4, -0.2) is 22.9 Å². The van der Waals surface area contributed by atoms with Crippen molar-refractivity contribution in [3.05, 3.63) is 83.9 Å². The molecule has 0 aliphatic rings. The van der Waals surface area contributed by atoms with Crippen LogP contribution in [0.4, 0.5) is 0 Å². The van der Waals surface area contributed by atoms with Gasteiger partial charge in [0.2, 0.25) is 0 Å². The van der Waals surface area contributed by atoms with Crippen molar-refractivity contribution in [3.8, 4) is 22.6 Å². The van der Waals surface area contributed by atoms with Crippen molar-refractivity contribution in [2.24, 2.45) is 0 Å². The largest absolute Gasteiger partial charge is 0.507 e. The highest BCUT2D eigenvalue weighted by Crippen LogP contribution is 2.45. The Bertz CT molecular complexity index is 860. The van der Waals surface area contributed by atoms with E-state index < -0.39 is 6.10 Å². The first-order valence-corrected chi connectivity index (χ1v) is 9.44. The first-order valence-electron chi connectivity index (χ1n) is 9.44. The van der Waals surface area contributed by atoms with Crippen LogP contribution < -0.4 is 4.74 Å². The highest BCUT2D eigenvalue weighted by atomic mass is 16.5. The maximum Gasteiger partial charge on any atom is 0.134 e. The number of ether oxygens (including phenoxy) is 1. The summed E-state index contributed by atoms with van der Waals surface area (Å²) in [5.41, 5.74) is 3.46. The second-order valence-corrected chi connectivity index (χ2v) is 6.54. The fraction of sp³-hybridized carbons (Fsp3) is 0.250. The van der Waals surface area contributed by atoms with E-state index >= 15 is 0 Å². The minimum absolute atomic E-state index is 0.172. The summed E-state index contributed by atoms with van der Waals surface area (Å²) in [5, 5.41) is 21.4. The van der Waals surface area contributed by atoms with Gasteiger partial charge >= 0.3 is 0 Å². The molecule has 2 atom stereocenters. The van der Waals surface area contributed by atoms with Crippen LogP contribution in [0.5, 0.6) is 11.5 Å². The van der Waals surface area contributed by atoms with Gasteiger partial charge in [0.25, 0.3) is 0 Å². The molecule has 0 fully saturated rings. The van der Waals surface area contributed by atoms with E-state index in [0.717, 1.165) is 16.7 Å². The summed E-state index contributed by atoms with van der Waals surface area (Å²) in [7, 11) is 0. The van der Waals surface area contributed by atoms with Gasteiger partial charge in [0.05, 0.1) is 18.3 Å². The SMILES string of the molecule is CCOc1c(C(c2ccccc2)C(O)CC)ccc(O)c1-c1ccccc1. The van der Waals surface area contributed by atoms with Gasteiger partial charge < -0.3 is 14.9 Å². The topological polar surface area (TPSA) is 49.7 Å². The lowest BCUT2D eigenvalue weighted by Crippen LogP contribution is -2.20. The van der Waals surface area contributed by atoms with Crippen LogP contribution in [0, 0.1) is 0 Å². The van der Waals surface area contributed by atoms with Gasteiger partial charge in [-0.3, -0.25) is 0 Å². The molecule has 0 aliphatic heterocycles. The minimum Gasteiger partial charge on any atom is -0.507 e. The van der Waals surface area contributed by atoms with Gasteiger partial charge in [-0.15, -0.1) is 0 Å². The first kappa shape index (κ1) is 19.0. The van der Waals surface area contributed by atoms with Gasteiger partial charge in [0.15, 0.2) is 0 Å². The zero-order chi connectivity index (χ0) is 19.2. The minimum atomic E-state index is -0.556. The normalized spacial score (nSPS) is 13.1. The van der Waals surface area contributed by atoms with E-state index in [9.17, 15) is 10.2 Å². The highest BCUT2D eigenvalue weighted by Gasteiger charge is 2.28. The summed E-state index contributed by atoms with van der Waals surface area (Å²) in [6.45, 7) is 4.37. The Balaban J connectivity index is 2.24. The first-order chi connectivity index (χ1) is 13.2. The number of hydrogen-bond donors (Lipinski definition) is 2. The van der Waals surface area contributed by atoms with Gasteiger partial charge in [0.1, 0.15) is 11.5 Å². The molecule has 3 rings (SSSR count). The molecule has 27 heavy (non-hydrogen) atoms. The maximum atomic E-state index is 10.8. The molecule has 0 saturated carbocycles. The Kier molecular flexibility index (Phi) is 6.15. The van der Waals surface area contributed by atoms with E-state index in [4.69, 9.17) is 4.74 Å². The van der Waals surface area contributed by atoms with Crippen LogP contribution >= 0.6 is 0 Å². The number of phenolic OH excluding ortho intramolecular Hbond substituents is 1. The lowest BCUT2D eigenvalue weighted by molar-refractivity contribution is 0.150. The number of aromatic hydroxyl groups is 1. The molecule has 0 aliphatic carbocycles. The summed E-state index contributed by atoms with van der Waals surface area (Å²) in [6, 6.07) is 23.2. The van der Waals surface area contributed by atoms with E-state index in [-0.39, 0.29) is 11.7 Å². The number of aliphatic hydroxyl groups excluding tert-OH is 1. The van der Waals surface area contributed by atoms with Crippen LogP contribution in [0.25, 0.3) is 11.1 Å². The predicted molar refractivity (Wildman–Crippen MR) is 109 cm³/mol. The Hall–Kier alpha value is -2.78. The molecule has 3 aromatic carbocycles. The molecule has 140 valence electrons. The lowest BCUT2D eigenvalue weighted by atomic mass is 9.83. The Labute approximate surface area is 160 Å². The summed E-state index contributed by atoms with van der Waals surface area (Å²) < 4.78 is 6.03. The quantitative estimate of drug-likeness (QED) is 0.595. The average Bonchev–Trinajstić information content (AvgIpc) is 2.71. The molecule has 0 bridgehead atoms. The Morgan fingerprint density at radius 2 is 1.48 bits per heavy atom. The zero-order valence-corrected chi connectivity index (χ0v) is 15.8. The van der Waals surface area contributed by atoms with E-state index in [1.54, 1.807) is 6.07 Å². The van der Waals surface area contributed by atoms with E-state index in [0.29, 0.717) is 24.3 Å². The van der Waals surface area contributed by atoms with Gasteiger partial charge in [-0.1, -0.05) is 73.7 Å². The second-order valence-electron chi connectivity index (χ2n) is 6.54. The standard InChI is InChI=1S/C24H26O3/c1-3-20(25)22(17-11-7-5-8-12-17)19-15-16-21(26)23(24(19)27-4-2)18-13-9-6-10-14-18/h5-16,20,22,25-26H,3-4H2,1-2H3. The number of phenols is 1. The third-order valence-electron chi connectivity index (χ3n) is 4.81. The fourth-order valence-corrected chi connectivity index (χ4v) is 3.52. The van der Waals surface area contributed by atoms with Crippen molar-refractivity contribution in [2.75, 3.05) is 6.61 Å². The van der Waals surface area contributed by atoms with Crippen molar-refractivity contribution in [1.82, 2.24) is 0 Å². The van der Waals surface area contributed by atoms with E-state index in [1.165, 1.54) is 0 Å².